The maximum absolute atomic E-state index is 12.3. The van der Waals surface area contributed by atoms with Gasteiger partial charge in [-0.2, -0.15) is 0 Å². The van der Waals surface area contributed by atoms with E-state index in [4.69, 9.17) is 9.47 Å². The van der Waals surface area contributed by atoms with Crippen molar-refractivity contribution in [3.63, 3.8) is 0 Å². The van der Waals surface area contributed by atoms with Gasteiger partial charge in [-0.15, -0.1) is 0 Å². The Morgan fingerprint density at radius 3 is 2.62 bits per heavy atom. The summed E-state index contributed by atoms with van der Waals surface area (Å²) in [5, 5.41) is 3.01. The molecular formula is C18H21N3O3. The van der Waals surface area contributed by atoms with Gasteiger partial charge in [0.05, 0.1) is 13.3 Å². The number of nitrogens with zero attached hydrogens (tertiary/aromatic N) is 2. The van der Waals surface area contributed by atoms with Crippen LogP contribution in [0.1, 0.15) is 28.9 Å². The average Bonchev–Trinajstić information content (AvgIpc) is 2.67. The van der Waals surface area contributed by atoms with Crippen LogP contribution in [0, 0.1) is 0 Å². The van der Waals surface area contributed by atoms with E-state index in [1.54, 1.807) is 13.3 Å². The van der Waals surface area contributed by atoms with E-state index in [-0.39, 0.29) is 11.3 Å². The fourth-order valence-corrected chi connectivity index (χ4v) is 3.03. The van der Waals surface area contributed by atoms with E-state index in [0.29, 0.717) is 25.5 Å². The Labute approximate surface area is 141 Å². The van der Waals surface area contributed by atoms with Crippen molar-refractivity contribution in [3.8, 4) is 5.75 Å². The number of rotatable bonds is 5. The van der Waals surface area contributed by atoms with E-state index in [1.807, 2.05) is 12.1 Å². The molecule has 6 nitrogen and oxygen atoms in total. The lowest BCUT2D eigenvalue weighted by Gasteiger charge is -2.38. The van der Waals surface area contributed by atoms with Gasteiger partial charge in [-0.05, 0) is 30.5 Å². The minimum Gasteiger partial charge on any atom is -0.497 e. The van der Waals surface area contributed by atoms with Gasteiger partial charge in [0.25, 0.3) is 5.91 Å². The number of ether oxygens (including phenoxy) is 2. The zero-order chi connectivity index (χ0) is 16.8. The molecule has 0 atom stereocenters. The van der Waals surface area contributed by atoms with Gasteiger partial charge < -0.3 is 14.8 Å². The van der Waals surface area contributed by atoms with Gasteiger partial charge in [0.2, 0.25) is 0 Å². The number of hydrogen-bond acceptors (Lipinski definition) is 5. The maximum atomic E-state index is 12.3. The standard InChI is InChI=1S/C18H21N3O3/c1-23-15-4-2-14(3-5-15)18(6-10-24-11-7-18)13-21-17(22)16-12-19-8-9-20-16/h2-5,8-9,12H,6-7,10-11,13H2,1H3,(H,21,22). The Morgan fingerprint density at radius 1 is 1.25 bits per heavy atom. The lowest BCUT2D eigenvalue weighted by atomic mass is 9.74. The quantitative estimate of drug-likeness (QED) is 0.909. The summed E-state index contributed by atoms with van der Waals surface area (Å²) < 4.78 is 10.8. The molecule has 0 spiro atoms. The van der Waals surface area contributed by atoms with Crippen molar-refractivity contribution in [1.29, 1.82) is 0 Å². The summed E-state index contributed by atoms with van der Waals surface area (Å²) in [4.78, 5) is 20.3. The SMILES string of the molecule is COc1ccc(C2(CNC(=O)c3cnccn3)CCOCC2)cc1. The van der Waals surface area contributed by atoms with E-state index < -0.39 is 0 Å². The fourth-order valence-electron chi connectivity index (χ4n) is 3.03. The third-order valence-corrected chi connectivity index (χ3v) is 4.54. The zero-order valence-corrected chi connectivity index (χ0v) is 13.7. The highest BCUT2D eigenvalue weighted by Crippen LogP contribution is 2.35. The Hall–Kier alpha value is -2.47. The molecule has 1 aliphatic heterocycles. The molecule has 1 aromatic carbocycles. The molecule has 0 unspecified atom stereocenters. The van der Waals surface area contributed by atoms with Crippen molar-refractivity contribution in [1.82, 2.24) is 15.3 Å². The summed E-state index contributed by atoms with van der Waals surface area (Å²) in [6.45, 7) is 1.91. The summed E-state index contributed by atoms with van der Waals surface area (Å²) in [5.74, 6) is 0.618. The molecule has 2 aromatic rings. The Bertz CT molecular complexity index is 668. The molecule has 0 bridgehead atoms. The van der Waals surface area contributed by atoms with Crippen molar-refractivity contribution in [2.45, 2.75) is 18.3 Å². The van der Waals surface area contributed by atoms with Gasteiger partial charge in [0.15, 0.2) is 0 Å². The predicted octanol–water partition coefficient (Wildman–Crippen LogP) is 1.96. The minimum atomic E-state index is -0.206. The molecule has 3 rings (SSSR count). The van der Waals surface area contributed by atoms with Crippen LogP contribution < -0.4 is 10.1 Å². The Balaban J connectivity index is 1.77. The summed E-state index contributed by atoms with van der Waals surface area (Å²) >= 11 is 0. The molecule has 1 aromatic heterocycles. The minimum absolute atomic E-state index is 0.137. The third-order valence-electron chi connectivity index (χ3n) is 4.54. The van der Waals surface area contributed by atoms with Crippen LogP contribution in [0.3, 0.4) is 0 Å². The second-order valence-corrected chi connectivity index (χ2v) is 5.89. The van der Waals surface area contributed by atoms with Crippen LogP contribution in [0.15, 0.2) is 42.9 Å². The monoisotopic (exact) mass is 327 g/mol. The number of carbonyl (C=O) groups is 1. The molecule has 0 saturated carbocycles. The summed E-state index contributed by atoms with van der Waals surface area (Å²) in [5.41, 5.74) is 1.38. The second kappa shape index (κ2) is 7.40. The van der Waals surface area contributed by atoms with Gasteiger partial charge >= 0.3 is 0 Å². The van der Waals surface area contributed by atoms with Crippen LogP contribution in [0.25, 0.3) is 0 Å². The average molecular weight is 327 g/mol. The highest BCUT2D eigenvalue weighted by Gasteiger charge is 2.35. The first kappa shape index (κ1) is 16.4. The van der Waals surface area contributed by atoms with Crippen molar-refractivity contribution in [2.24, 2.45) is 0 Å². The smallest absolute Gasteiger partial charge is 0.271 e. The van der Waals surface area contributed by atoms with Crippen molar-refractivity contribution in [3.05, 3.63) is 54.1 Å². The number of nitrogens with one attached hydrogen (secondary N) is 1. The lowest BCUT2D eigenvalue weighted by molar-refractivity contribution is 0.0486. The van der Waals surface area contributed by atoms with Crippen molar-refractivity contribution >= 4 is 5.91 Å². The number of methoxy groups -OCH3 is 1. The Morgan fingerprint density at radius 2 is 2.00 bits per heavy atom. The van der Waals surface area contributed by atoms with Crippen LogP contribution in [-0.2, 0) is 10.2 Å². The number of hydrogen-bond donors (Lipinski definition) is 1. The van der Waals surface area contributed by atoms with E-state index in [2.05, 4.69) is 27.4 Å². The first-order valence-corrected chi connectivity index (χ1v) is 8.00. The Kier molecular flexibility index (Phi) is 5.05. The van der Waals surface area contributed by atoms with Crippen molar-refractivity contribution in [2.75, 3.05) is 26.9 Å². The third kappa shape index (κ3) is 3.54. The van der Waals surface area contributed by atoms with Gasteiger partial charge in [-0.25, -0.2) is 4.98 Å². The maximum Gasteiger partial charge on any atom is 0.271 e. The largest absolute Gasteiger partial charge is 0.497 e. The molecule has 24 heavy (non-hydrogen) atoms. The number of benzene rings is 1. The van der Waals surface area contributed by atoms with Crippen LogP contribution in [0.2, 0.25) is 0 Å². The number of amides is 1. The first-order chi connectivity index (χ1) is 11.7. The topological polar surface area (TPSA) is 73.3 Å². The summed E-state index contributed by atoms with van der Waals surface area (Å²) in [7, 11) is 1.65. The van der Waals surface area contributed by atoms with Crippen LogP contribution >= 0.6 is 0 Å². The van der Waals surface area contributed by atoms with Gasteiger partial charge in [0, 0.05) is 37.6 Å². The molecule has 1 amide bonds. The van der Waals surface area contributed by atoms with Crippen LogP contribution in [-0.4, -0.2) is 42.7 Å². The molecule has 1 aliphatic rings. The molecule has 0 aliphatic carbocycles. The summed E-state index contributed by atoms with van der Waals surface area (Å²) in [6, 6.07) is 8.05. The van der Waals surface area contributed by atoms with E-state index >= 15 is 0 Å². The lowest BCUT2D eigenvalue weighted by Crippen LogP contribution is -2.44. The molecule has 0 radical (unpaired) electrons. The summed E-state index contributed by atoms with van der Waals surface area (Å²) in [6.07, 6.45) is 6.26. The molecule has 126 valence electrons. The van der Waals surface area contributed by atoms with Gasteiger partial charge in [0.1, 0.15) is 11.4 Å². The molecule has 2 heterocycles. The normalized spacial score (nSPS) is 16.4. The molecule has 1 fully saturated rings. The molecule has 1 saturated heterocycles. The van der Waals surface area contributed by atoms with E-state index in [9.17, 15) is 4.79 Å². The number of carbonyl (C=O) groups excluding carboxylic acids is 1. The van der Waals surface area contributed by atoms with E-state index in [1.165, 1.54) is 18.0 Å². The van der Waals surface area contributed by atoms with Crippen molar-refractivity contribution < 1.29 is 14.3 Å². The van der Waals surface area contributed by atoms with Crippen LogP contribution in [0.4, 0.5) is 0 Å². The zero-order valence-electron chi connectivity index (χ0n) is 13.7. The predicted molar refractivity (Wildman–Crippen MR) is 89.1 cm³/mol. The van der Waals surface area contributed by atoms with E-state index in [0.717, 1.165) is 18.6 Å². The molecular weight excluding hydrogens is 306 g/mol. The van der Waals surface area contributed by atoms with Crippen LogP contribution in [0.5, 0.6) is 5.75 Å². The van der Waals surface area contributed by atoms with Gasteiger partial charge in [-0.3, -0.25) is 9.78 Å². The first-order valence-electron chi connectivity index (χ1n) is 8.00. The van der Waals surface area contributed by atoms with Gasteiger partial charge in [-0.1, -0.05) is 12.1 Å². The molecule has 6 heteroatoms. The second-order valence-electron chi connectivity index (χ2n) is 5.89. The highest BCUT2D eigenvalue weighted by molar-refractivity contribution is 5.91. The fraction of sp³-hybridized carbons (Fsp3) is 0.389. The molecule has 1 N–H and O–H groups in total. The highest BCUT2D eigenvalue weighted by atomic mass is 16.5. The number of aromatic nitrogens is 2.